The van der Waals surface area contributed by atoms with E-state index in [0.717, 1.165) is 30.1 Å². The lowest BCUT2D eigenvalue weighted by Gasteiger charge is -2.12. The van der Waals surface area contributed by atoms with E-state index in [1.165, 1.54) is 5.56 Å². The van der Waals surface area contributed by atoms with Crippen molar-refractivity contribution in [2.24, 2.45) is 0 Å². The minimum Gasteiger partial charge on any atom is -0.469 e. The highest BCUT2D eigenvalue weighted by molar-refractivity contribution is 5.22. The fourth-order valence-electron chi connectivity index (χ4n) is 1.91. The molecular formula is C13H19N3O. The molecule has 2 rings (SSSR count). The number of H-pyrrole nitrogens is 1. The predicted molar refractivity (Wildman–Crippen MR) is 66.8 cm³/mol. The Bertz CT molecular complexity index is 439. The standard InChI is InChI=1S/C13H19N3O/c1-9(7-12-5-4-6-17-12)14-8-13-10(2)15-16-11(13)3/h4-6,9,14H,7-8H2,1-3H3,(H,15,16). The molecule has 92 valence electrons. The second-order valence-corrected chi connectivity index (χ2v) is 4.48. The molecule has 1 unspecified atom stereocenters. The van der Waals surface area contributed by atoms with Gasteiger partial charge in [0.15, 0.2) is 0 Å². The van der Waals surface area contributed by atoms with E-state index < -0.39 is 0 Å². The monoisotopic (exact) mass is 233 g/mol. The lowest BCUT2D eigenvalue weighted by molar-refractivity contribution is 0.456. The number of furan rings is 1. The summed E-state index contributed by atoms with van der Waals surface area (Å²) >= 11 is 0. The molecule has 0 fully saturated rings. The summed E-state index contributed by atoms with van der Waals surface area (Å²) in [4.78, 5) is 0. The fourth-order valence-corrected chi connectivity index (χ4v) is 1.91. The highest BCUT2D eigenvalue weighted by Crippen LogP contribution is 2.10. The molecular weight excluding hydrogens is 214 g/mol. The van der Waals surface area contributed by atoms with Gasteiger partial charge in [-0.05, 0) is 32.9 Å². The summed E-state index contributed by atoms with van der Waals surface area (Å²) in [7, 11) is 0. The van der Waals surface area contributed by atoms with Crippen LogP contribution in [0, 0.1) is 13.8 Å². The van der Waals surface area contributed by atoms with Crippen LogP contribution in [0.4, 0.5) is 0 Å². The van der Waals surface area contributed by atoms with Gasteiger partial charge in [-0.1, -0.05) is 0 Å². The number of hydrogen-bond acceptors (Lipinski definition) is 3. The van der Waals surface area contributed by atoms with E-state index in [4.69, 9.17) is 4.42 Å². The van der Waals surface area contributed by atoms with E-state index in [0.29, 0.717) is 6.04 Å². The summed E-state index contributed by atoms with van der Waals surface area (Å²) in [5, 5.41) is 10.7. The molecule has 17 heavy (non-hydrogen) atoms. The molecule has 2 N–H and O–H groups in total. The molecule has 1 atom stereocenters. The van der Waals surface area contributed by atoms with E-state index in [1.807, 2.05) is 26.0 Å². The maximum absolute atomic E-state index is 5.33. The highest BCUT2D eigenvalue weighted by Gasteiger charge is 2.09. The number of nitrogens with one attached hydrogen (secondary N) is 2. The third-order valence-electron chi connectivity index (χ3n) is 3.00. The quantitative estimate of drug-likeness (QED) is 0.833. The molecule has 2 heterocycles. The molecule has 0 saturated heterocycles. The van der Waals surface area contributed by atoms with Crippen molar-refractivity contribution in [2.75, 3.05) is 0 Å². The Balaban J connectivity index is 1.86. The van der Waals surface area contributed by atoms with Crippen LogP contribution in [-0.2, 0) is 13.0 Å². The zero-order valence-corrected chi connectivity index (χ0v) is 10.6. The lowest BCUT2D eigenvalue weighted by Crippen LogP contribution is -2.27. The van der Waals surface area contributed by atoms with Gasteiger partial charge < -0.3 is 9.73 Å². The van der Waals surface area contributed by atoms with Crippen molar-refractivity contribution in [1.29, 1.82) is 0 Å². The first-order valence-corrected chi connectivity index (χ1v) is 5.93. The summed E-state index contributed by atoms with van der Waals surface area (Å²) in [5.41, 5.74) is 3.47. The molecule has 0 radical (unpaired) electrons. The van der Waals surface area contributed by atoms with Crippen LogP contribution in [0.3, 0.4) is 0 Å². The van der Waals surface area contributed by atoms with Crippen LogP contribution in [0.5, 0.6) is 0 Å². The summed E-state index contributed by atoms with van der Waals surface area (Å²) in [5.74, 6) is 1.02. The van der Waals surface area contributed by atoms with E-state index in [-0.39, 0.29) is 0 Å². The first kappa shape index (κ1) is 11.9. The second kappa shape index (κ2) is 5.19. The van der Waals surface area contributed by atoms with Crippen LogP contribution in [0.1, 0.15) is 29.6 Å². The molecule has 0 aliphatic carbocycles. The zero-order chi connectivity index (χ0) is 12.3. The minimum absolute atomic E-state index is 0.384. The topological polar surface area (TPSA) is 53.9 Å². The third kappa shape index (κ3) is 2.97. The van der Waals surface area contributed by atoms with Gasteiger partial charge in [0, 0.05) is 30.3 Å². The van der Waals surface area contributed by atoms with Gasteiger partial charge in [-0.3, -0.25) is 5.10 Å². The Hall–Kier alpha value is -1.55. The number of nitrogens with zero attached hydrogens (tertiary/aromatic N) is 1. The first-order valence-electron chi connectivity index (χ1n) is 5.93. The molecule has 0 bridgehead atoms. The maximum atomic E-state index is 5.33. The summed E-state index contributed by atoms with van der Waals surface area (Å²) in [6, 6.07) is 4.31. The van der Waals surface area contributed by atoms with Gasteiger partial charge >= 0.3 is 0 Å². The van der Waals surface area contributed by atoms with Crippen LogP contribution >= 0.6 is 0 Å². The Morgan fingerprint density at radius 3 is 2.88 bits per heavy atom. The average molecular weight is 233 g/mol. The summed E-state index contributed by atoms with van der Waals surface area (Å²) in [6.45, 7) is 7.08. The third-order valence-corrected chi connectivity index (χ3v) is 3.00. The first-order chi connectivity index (χ1) is 8.16. The van der Waals surface area contributed by atoms with Crippen molar-refractivity contribution in [3.63, 3.8) is 0 Å². The number of aromatic amines is 1. The van der Waals surface area contributed by atoms with Gasteiger partial charge in [0.2, 0.25) is 0 Å². The van der Waals surface area contributed by atoms with Gasteiger partial charge in [0.05, 0.1) is 12.0 Å². The van der Waals surface area contributed by atoms with Crippen LogP contribution in [-0.4, -0.2) is 16.2 Å². The Morgan fingerprint density at radius 1 is 1.47 bits per heavy atom. The molecule has 4 heteroatoms. The normalized spacial score (nSPS) is 12.9. The van der Waals surface area contributed by atoms with E-state index >= 15 is 0 Å². The summed E-state index contributed by atoms with van der Waals surface area (Å²) < 4.78 is 5.33. The molecule has 0 aliphatic rings. The zero-order valence-electron chi connectivity index (χ0n) is 10.6. The van der Waals surface area contributed by atoms with Crippen molar-refractivity contribution in [3.8, 4) is 0 Å². The molecule has 2 aromatic heterocycles. The van der Waals surface area contributed by atoms with Crippen LogP contribution in [0.25, 0.3) is 0 Å². The van der Waals surface area contributed by atoms with Crippen molar-refractivity contribution < 1.29 is 4.42 Å². The molecule has 2 aromatic rings. The van der Waals surface area contributed by atoms with Gasteiger partial charge in [-0.25, -0.2) is 0 Å². The van der Waals surface area contributed by atoms with Crippen molar-refractivity contribution in [1.82, 2.24) is 15.5 Å². The SMILES string of the molecule is Cc1n[nH]c(C)c1CNC(C)Cc1ccco1. The van der Waals surface area contributed by atoms with E-state index in [1.54, 1.807) is 6.26 Å². The van der Waals surface area contributed by atoms with Crippen LogP contribution in [0.2, 0.25) is 0 Å². The van der Waals surface area contributed by atoms with Gasteiger partial charge in [0.1, 0.15) is 5.76 Å². The Kier molecular flexibility index (Phi) is 3.64. The molecule has 0 saturated carbocycles. The van der Waals surface area contributed by atoms with Crippen molar-refractivity contribution >= 4 is 0 Å². The van der Waals surface area contributed by atoms with Crippen molar-refractivity contribution in [3.05, 3.63) is 41.1 Å². The molecule has 0 aromatic carbocycles. The fraction of sp³-hybridized carbons (Fsp3) is 0.462. The van der Waals surface area contributed by atoms with E-state index in [9.17, 15) is 0 Å². The molecule has 0 amide bonds. The number of aryl methyl sites for hydroxylation is 2. The summed E-state index contributed by atoms with van der Waals surface area (Å²) in [6.07, 6.45) is 2.62. The molecule has 0 aliphatic heterocycles. The maximum Gasteiger partial charge on any atom is 0.105 e. The number of rotatable bonds is 5. The van der Waals surface area contributed by atoms with Crippen LogP contribution < -0.4 is 5.32 Å². The van der Waals surface area contributed by atoms with E-state index in [2.05, 4.69) is 22.4 Å². The van der Waals surface area contributed by atoms with Gasteiger partial charge in [-0.15, -0.1) is 0 Å². The molecule has 0 spiro atoms. The predicted octanol–water partition coefficient (Wildman–Crippen LogP) is 2.34. The largest absolute Gasteiger partial charge is 0.469 e. The van der Waals surface area contributed by atoms with Crippen molar-refractivity contribution in [2.45, 2.75) is 39.8 Å². The Labute approximate surface area is 101 Å². The second-order valence-electron chi connectivity index (χ2n) is 4.48. The molecule has 4 nitrogen and oxygen atoms in total. The number of aromatic nitrogens is 2. The Morgan fingerprint density at radius 2 is 2.29 bits per heavy atom. The van der Waals surface area contributed by atoms with Gasteiger partial charge in [-0.2, -0.15) is 5.10 Å². The smallest absolute Gasteiger partial charge is 0.105 e. The van der Waals surface area contributed by atoms with Crippen LogP contribution in [0.15, 0.2) is 22.8 Å². The number of hydrogen-bond donors (Lipinski definition) is 2. The average Bonchev–Trinajstić information content (AvgIpc) is 2.88. The van der Waals surface area contributed by atoms with Gasteiger partial charge in [0.25, 0.3) is 0 Å². The minimum atomic E-state index is 0.384. The highest BCUT2D eigenvalue weighted by atomic mass is 16.3. The lowest BCUT2D eigenvalue weighted by atomic mass is 10.1.